The van der Waals surface area contributed by atoms with E-state index in [1.54, 1.807) is 6.92 Å². The van der Waals surface area contributed by atoms with Crippen LogP contribution in [0.15, 0.2) is 24.3 Å². The minimum absolute atomic E-state index is 0.0169. The molecule has 1 heterocycles. The van der Waals surface area contributed by atoms with Crippen molar-refractivity contribution in [1.82, 2.24) is 9.21 Å². The van der Waals surface area contributed by atoms with Gasteiger partial charge in [-0.15, -0.1) is 0 Å². The minimum atomic E-state index is -3.34. The number of aryl methyl sites for hydroxylation is 1. The van der Waals surface area contributed by atoms with E-state index in [4.69, 9.17) is 4.74 Å². The highest BCUT2D eigenvalue weighted by Gasteiger charge is 2.34. The van der Waals surface area contributed by atoms with Crippen LogP contribution in [0, 0.1) is 12.8 Å². The number of hydrogen-bond acceptors (Lipinski definition) is 5. The average Bonchev–Trinajstić information content (AvgIpc) is 2.68. The van der Waals surface area contributed by atoms with E-state index < -0.39 is 21.9 Å². The third-order valence-corrected chi connectivity index (χ3v) is 6.82. The summed E-state index contributed by atoms with van der Waals surface area (Å²) >= 11 is 0. The van der Waals surface area contributed by atoms with Crippen LogP contribution in [0.5, 0.6) is 0 Å². The summed E-state index contributed by atoms with van der Waals surface area (Å²) in [7, 11) is -2.05. The van der Waals surface area contributed by atoms with Crippen molar-refractivity contribution in [2.24, 2.45) is 5.92 Å². The molecule has 1 atom stereocenters. The maximum absolute atomic E-state index is 13.1. The molecule has 0 bridgehead atoms. The predicted molar refractivity (Wildman–Crippen MR) is 102 cm³/mol. The Hall–Kier alpha value is -1.93. The van der Waals surface area contributed by atoms with Crippen LogP contribution in [0.3, 0.4) is 0 Å². The summed E-state index contributed by atoms with van der Waals surface area (Å²) in [4.78, 5) is 26.4. The summed E-state index contributed by atoms with van der Waals surface area (Å²) in [5.74, 6) is -1.14. The van der Waals surface area contributed by atoms with Gasteiger partial charge in [0.1, 0.15) is 6.54 Å². The summed E-state index contributed by atoms with van der Waals surface area (Å²) in [6.45, 7) is 4.29. The third-order valence-electron chi connectivity index (χ3n) is 4.97. The number of amides is 1. The fraction of sp³-hybridized carbons (Fsp3) is 0.579. The molecular weight excluding hydrogens is 368 g/mol. The van der Waals surface area contributed by atoms with Crippen LogP contribution in [0.25, 0.3) is 0 Å². The quantitative estimate of drug-likeness (QED) is 0.653. The monoisotopic (exact) mass is 396 g/mol. The molecular formula is C19H28N2O5S. The Kier molecular flexibility index (Phi) is 7.38. The lowest BCUT2D eigenvalue weighted by atomic mass is 9.97. The smallest absolute Gasteiger partial charge is 0.325 e. The van der Waals surface area contributed by atoms with Gasteiger partial charge in [-0.1, -0.05) is 24.3 Å². The van der Waals surface area contributed by atoms with E-state index in [9.17, 15) is 18.0 Å². The molecule has 1 fully saturated rings. The Morgan fingerprint density at radius 1 is 1.30 bits per heavy atom. The number of methoxy groups -OCH3 is 1. The van der Waals surface area contributed by atoms with Crippen molar-refractivity contribution in [2.75, 3.05) is 32.5 Å². The topological polar surface area (TPSA) is 84.0 Å². The van der Waals surface area contributed by atoms with Crippen LogP contribution in [-0.4, -0.2) is 62.0 Å². The lowest BCUT2D eigenvalue weighted by Crippen LogP contribution is -2.48. The predicted octanol–water partition coefficient (Wildman–Crippen LogP) is 1.56. The number of benzene rings is 1. The second-order valence-electron chi connectivity index (χ2n) is 6.79. The number of ether oxygens (including phenoxy) is 1. The Balaban J connectivity index is 2.19. The van der Waals surface area contributed by atoms with Gasteiger partial charge in [0.25, 0.3) is 0 Å². The zero-order valence-corrected chi connectivity index (χ0v) is 17.0. The zero-order valence-electron chi connectivity index (χ0n) is 16.2. The molecule has 1 aromatic rings. The fourth-order valence-electron chi connectivity index (χ4n) is 3.26. The number of esters is 1. The highest BCUT2D eigenvalue weighted by molar-refractivity contribution is 7.89. The third kappa shape index (κ3) is 5.52. The van der Waals surface area contributed by atoms with Gasteiger partial charge >= 0.3 is 5.97 Å². The summed E-state index contributed by atoms with van der Waals surface area (Å²) in [5, 5.41) is 0. The first-order valence-electron chi connectivity index (χ1n) is 9.16. The van der Waals surface area contributed by atoms with E-state index in [1.165, 1.54) is 16.3 Å². The molecule has 1 aliphatic heterocycles. The largest absolute Gasteiger partial charge is 0.468 e. The van der Waals surface area contributed by atoms with E-state index in [0.717, 1.165) is 11.1 Å². The first-order chi connectivity index (χ1) is 12.8. The summed E-state index contributed by atoms with van der Waals surface area (Å²) in [5.41, 5.74) is 1.97. The summed E-state index contributed by atoms with van der Waals surface area (Å²) < 4.78 is 30.5. The molecule has 0 aromatic heterocycles. The molecule has 7 nitrogen and oxygen atoms in total. The van der Waals surface area contributed by atoms with Gasteiger partial charge in [-0.05, 0) is 37.8 Å². The van der Waals surface area contributed by atoms with Crippen LogP contribution in [0.1, 0.15) is 30.9 Å². The molecule has 1 unspecified atom stereocenters. The van der Waals surface area contributed by atoms with Crippen molar-refractivity contribution < 1.29 is 22.7 Å². The summed E-state index contributed by atoms with van der Waals surface area (Å²) in [6, 6.07) is 7.67. The van der Waals surface area contributed by atoms with Gasteiger partial charge in [-0.3, -0.25) is 9.59 Å². The molecule has 0 radical (unpaired) electrons. The normalized spacial score (nSPS) is 18.1. The first-order valence-corrected chi connectivity index (χ1v) is 10.8. The zero-order chi connectivity index (χ0) is 20.0. The average molecular weight is 397 g/mol. The Bertz CT molecular complexity index is 778. The summed E-state index contributed by atoms with van der Waals surface area (Å²) in [6.07, 6.45) is 1.24. The highest BCUT2D eigenvalue weighted by Crippen LogP contribution is 2.23. The number of sulfonamides is 1. The molecule has 0 saturated carbocycles. The molecule has 1 saturated heterocycles. The molecule has 0 N–H and O–H groups in total. The Morgan fingerprint density at radius 3 is 2.63 bits per heavy atom. The van der Waals surface area contributed by atoms with Crippen LogP contribution in [-0.2, 0) is 30.9 Å². The van der Waals surface area contributed by atoms with Crippen molar-refractivity contribution in [3.63, 3.8) is 0 Å². The van der Waals surface area contributed by atoms with Gasteiger partial charge in [0.05, 0.1) is 18.8 Å². The second kappa shape index (κ2) is 9.32. The molecule has 150 valence electrons. The van der Waals surface area contributed by atoms with E-state index in [-0.39, 0.29) is 31.3 Å². The lowest BCUT2D eigenvalue weighted by Gasteiger charge is -2.34. The second-order valence-corrected chi connectivity index (χ2v) is 9.05. The SMILES string of the molecule is CCS(=O)(=O)N1CCCC(C(=O)N(CC(=O)OC)Cc2ccccc2C)C1. The van der Waals surface area contributed by atoms with Gasteiger partial charge in [0.15, 0.2) is 0 Å². The van der Waals surface area contributed by atoms with Gasteiger partial charge in [0, 0.05) is 19.6 Å². The van der Waals surface area contributed by atoms with Crippen LogP contribution in [0.4, 0.5) is 0 Å². The molecule has 1 amide bonds. The van der Waals surface area contributed by atoms with Crippen molar-refractivity contribution in [3.8, 4) is 0 Å². The molecule has 0 aliphatic carbocycles. The maximum atomic E-state index is 13.1. The van der Waals surface area contributed by atoms with Crippen LogP contribution in [0.2, 0.25) is 0 Å². The van der Waals surface area contributed by atoms with Gasteiger partial charge in [-0.2, -0.15) is 0 Å². The van der Waals surface area contributed by atoms with E-state index in [2.05, 4.69) is 0 Å². The number of hydrogen-bond donors (Lipinski definition) is 0. The van der Waals surface area contributed by atoms with Gasteiger partial charge in [0.2, 0.25) is 15.9 Å². The standard InChI is InChI=1S/C19H28N2O5S/c1-4-27(24,25)21-11-7-10-17(13-21)19(23)20(14-18(22)26-3)12-16-9-6-5-8-15(16)2/h5-6,8-9,17H,4,7,10-14H2,1-3H3. The molecule has 27 heavy (non-hydrogen) atoms. The van der Waals surface area contributed by atoms with Crippen molar-refractivity contribution in [1.29, 1.82) is 0 Å². The van der Waals surface area contributed by atoms with Crippen molar-refractivity contribution in [2.45, 2.75) is 33.2 Å². The van der Waals surface area contributed by atoms with Crippen LogP contribution < -0.4 is 0 Å². The van der Waals surface area contributed by atoms with Crippen molar-refractivity contribution in [3.05, 3.63) is 35.4 Å². The minimum Gasteiger partial charge on any atom is -0.468 e. The number of piperidine rings is 1. The number of nitrogens with zero attached hydrogens (tertiary/aromatic N) is 2. The van der Waals surface area contributed by atoms with E-state index in [1.807, 2.05) is 31.2 Å². The number of carbonyl (C=O) groups excluding carboxylic acids is 2. The van der Waals surface area contributed by atoms with Gasteiger partial charge in [-0.25, -0.2) is 12.7 Å². The molecule has 1 aromatic carbocycles. The lowest BCUT2D eigenvalue weighted by molar-refractivity contribution is -0.149. The number of rotatable bonds is 7. The first kappa shape index (κ1) is 21.4. The molecule has 2 rings (SSSR count). The number of carbonyl (C=O) groups is 2. The van der Waals surface area contributed by atoms with Crippen LogP contribution >= 0.6 is 0 Å². The van der Waals surface area contributed by atoms with Gasteiger partial charge < -0.3 is 9.64 Å². The van der Waals surface area contributed by atoms with Crippen molar-refractivity contribution >= 4 is 21.9 Å². The highest BCUT2D eigenvalue weighted by atomic mass is 32.2. The maximum Gasteiger partial charge on any atom is 0.325 e. The fourth-order valence-corrected chi connectivity index (χ4v) is 4.44. The molecule has 0 spiro atoms. The molecule has 8 heteroatoms. The van der Waals surface area contributed by atoms with E-state index >= 15 is 0 Å². The van der Waals surface area contributed by atoms with E-state index in [0.29, 0.717) is 19.4 Å². The Labute approximate surface area is 161 Å². The Morgan fingerprint density at radius 2 is 2.00 bits per heavy atom. The molecule has 1 aliphatic rings.